The topological polar surface area (TPSA) is 88.3 Å². The molecule has 0 fully saturated rings. The van der Waals surface area contributed by atoms with Crippen LogP contribution in [0.15, 0.2) is 24.4 Å². The van der Waals surface area contributed by atoms with E-state index in [-0.39, 0.29) is 28.9 Å². The molecule has 0 saturated heterocycles. The Labute approximate surface area is 120 Å². The van der Waals surface area contributed by atoms with Crippen molar-refractivity contribution in [3.63, 3.8) is 0 Å². The Morgan fingerprint density at radius 1 is 1.52 bits per heavy atom. The number of aliphatic hydroxyl groups excluding tert-OH is 1. The molecule has 0 amide bonds. The van der Waals surface area contributed by atoms with Crippen molar-refractivity contribution >= 4 is 22.3 Å². The van der Waals surface area contributed by atoms with Crippen LogP contribution in [-0.2, 0) is 0 Å². The second-order valence-electron chi connectivity index (χ2n) is 5.39. The maximum absolute atomic E-state index is 14.2. The molecule has 112 valence electrons. The minimum Gasteiger partial charge on any atom is -0.396 e. The molecule has 0 radical (unpaired) electrons. The Balaban J connectivity index is 2.62. The quantitative estimate of drug-likeness (QED) is 0.653. The van der Waals surface area contributed by atoms with Crippen molar-refractivity contribution in [2.45, 2.75) is 25.8 Å². The molecule has 1 aromatic carbocycles. The molecule has 0 aliphatic carbocycles. The fourth-order valence-electron chi connectivity index (χ4n) is 2.14. The number of hydrogen-bond donors (Lipinski definition) is 2. The van der Waals surface area contributed by atoms with Gasteiger partial charge in [0.15, 0.2) is 5.82 Å². The van der Waals surface area contributed by atoms with E-state index in [0.29, 0.717) is 6.42 Å². The number of non-ortho nitro benzene ring substituents is 1. The first-order valence-electron chi connectivity index (χ1n) is 6.46. The van der Waals surface area contributed by atoms with Gasteiger partial charge in [0.2, 0.25) is 0 Å². The summed E-state index contributed by atoms with van der Waals surface area (Å²) in [5, 5.41) is 23.3. The number of fused-ring (bicyclic) bond motifs is 1. The minimum atomic E-state index is -0.737. The number of nitro groups is 1. The smallest absolute Gasteiger partial charge is 0.281 e. The van der Waals surface area contributed by atoms with Gasteiger partial charge in [0.25, 0.3) is 5.69 Å². The molecule has 0 aliphatic heterocycles. The maximum Gasteiger partial charge on any atom is 0.281 e. The standard InChI is InChI=1S/C14H16FN3O3/c1-14(2,5-7-19)17-13-10(15)8-11(18(20)21)9-4-3-6-16-12(9)13/h3-4,6,8,17,19H,5,7H2,1-2H3. The van der Waals surface area contributed by atoms with Crippen LogP contribution in [0.2, 0.25) is 0 Å². The molecule has 2 N–H and O–H groups in total. The number of halogens is 1. The SMILES string of the molecule is CC(C)(CCO)Nc1c(F)cc([N+](=O)[O-])c2cccnc12. The van der Waals surface area contributed by atoms with E-state index < -0.39 is 16.3 Å². The van der Waals surface area contributed by atoms with Gasteiger partial charge in [0.1, 0.15) is 5.52 Å². The van der Waals surface area contributed by atoms with Crippen molar-refractivity contribution in [1.29, 1.82) is 0 Å². The van der Waals surface area contributed by atoms with E-state index in [4.69, 9.17) is 5.11 Å². The third-order valence-corrected chi connectivity index (χ3v) is 3.22. The van der Waals surface area contributed by atoms with Gasteiger partial charge in [-0.3, -0.25) is 15.1 Å². The van der Waals surface area contributed by atoms with Crippen molar-refractivity contribution < 1.29 is 14.4 Å². The van der Waals surface area contributed by atoms with E-state index in [0.717, 1.165) is 6.07 Å². The van der Waals surface area contributed by atoms with Crippen LogP contribution in [0.4, 0.5) is 15.8 Å². The highest BCUT2D eigenvalue weighted by molar-refractivity contribution is 5.97. The normalized spacial score (nSPS) is 11.6. The van der Waals surface area contributed by atoms with Crippen molar-refractivity contribution in [3.8, 4) is 0 Å². The van der Waals surface area contributed by atoms with Gasteiger partial charge in [-0.1, -0.05) is 0 Å². The van der Waals surface area contributed by atoms with Gasteiger partial charge < -0.3 is 10.4 Å². The number of rotatable bonds is 5. The number of hydrogen-bond acceptors (Lipinski definition) is 5. The maximum atomic E-state index is 14.2. The number of anilines is 1. The Bertz CT molecular complexity index is 688. The fourth-order valence-corrected chi connectivity index (χ4v) is 2.14. The average Bonchev–Trinajstić information content (AvgIpc) is 2.41. The van der Waals surface area contributed by atoms with E-state index in [2.05, 4.69) is 10.3 Å². The van der Waals surface area contributed by atoms with Crippen LogP contribution in [0.1, 0.15) is 20.3 Å². The van der Waals surface area contributed by atoms with Gasteiger partial charge in [0.05, 0.1) is 22.1 Å². The van der Waals surface area contributed by atoms with Crippen LogP contribution in [0, 0.1) is 15.9 Å². The molecule has 0 bridgehead atoms. The lowest BCUT2D eigenvalue weighted by Crippen LogP contribution is -2.32. The number of benzene rings is 1. The number of aliphatic hydroxyl groups is 1. The first-order chi connectivity index (χ1) is 9.85. The third-order valence-electron chi connectivity index (χ3n) is 3.22. The molecule has 21 heavy (non-hydrogen) atoms. The van der Waals surface area contributed by atoms with Crippen LogP contribution < -0.4 is 5.32 Å². The Morgan fingerprint density at radius 3 is 2.86 bits per heavy atom. The summed E-state index contributed by atoms with van der Waals surface area (Å²) in [4.78, 5) is 14.5. The Morgan fingerprint density at radius 2 is 2.24 bits per heavy atom. The van der Waals surface area contributed by atoms with Crippen molar-refractivity contribution in [2.24, 2.45) is 0 Å². The summed E-state index contributed by atoms with van der Waals surface area (Å²) in [6, 6.07) is 3.99. The van der Waals surface area contributed by atoms with Crippen LogP contribution >= 0.6 is 0 Å². The zero-order chi connectivity index (χ0) is 15.6. The number of aromatic nitrogens is 1. The van der Waals surface area contributed by atoms with E-state index in [9.17, 15) is 14.5 Å². The third kappa shape index (κ3) is 3.08. The molecule has 2 aromatic rings. The number of pyridine rings is 1. The molecular weight excluding hydrogens is 277 g/mol. The fraction of sp³-hybridized carbons (Fsp3) is 0.357. The van der Waals surface area contributed by atoms with Gasteiger partial charge in [-0.15, -0.1) is 0 Å². The molecular formula is C14H16FN3O3. The molecule has 1 heterocycles. The van der Waals surface area contributed by atoms with Gasteiger partial charge in [-0.2, -0.15) is 0 Å². The lowest BCUT2D eigenvalue weighted by molar-refractivity contribution is -0.383. The highest BCUT2D eigenvalue weighted by atomic mass is 19.1. The van der Waals surface area contributed by atoms with Gasteiger partial charge in [-0.05, 0) is 32.4 Å². The first-order valence-corrected chi connectivity index (χ1v) is 6.46. The van der Waals surface area contributed by atoms with Crippen LogP contribution in [-0.4, -0.2) is 27.2 Å². The predicted octanol–water partition coefficient (Wildman–Crippen LogP) is 2.86. The second kappa shape index (κ2) is 5.61. The minimum absolute atomic E-state index is 0.0556. The number of nitrogens with zero attached hydrogens (tertiary/aromatic N) is 2. The lowest BCUT2D eigenvalue weighted by Gasteiger charge is -2.27. The Hall–Kier alpha value is -2.28. The van der Waals surface area contributed by atoms with Crippen LogP contribution in [0.3, 0.4) is 0 Å². The predicted molar refractivity (Wildman–Crippen MR) is 77.8 cm³/mol. The molecule has 6 nitrogen and oxygen atoms in total. The van der Waals surface area contributed by atoms with Crippen molar-refractivity contribution in [3.05, 3.63) is 40.3 Å². The van der Waals surface area contributed by atoms with E-state index in [1.807, 2.05) is 0 Å². The zero-order valence-corrected chi connectivity index (χ0v) is 11.8. The summed E-state index contributed by atoms with van der Waals surface area (Å²) in [7, 11) is 0. The van der Waals surface area contributed by atoms with Crippen molar-refractivity contribution in [1.82, 2.24) is 4.98 Å². The number of nitrogens with one attached hydrogen (secondary N) is 1. The molecule has 0 atom stereocenters. The Kier molecular flexibility index (Phi) is 4.04. The summed E-state index contributed by atoms with van der Waals surface area (Å²) in [5.41, 5.74) is -0.582. The van der Waals surface area contributed by atoms with Gasteiger partial charge in [-0.25, -0.2) is 4.39 Å². The average molecular weight is 293 g/mol. The number of nitro benzene ring substituents is 1. The molecule has 0 spiro atoms. The summed E-state index contributed by atoms with van der Waals surface area (Å²) in [5.74, 6) is -0.737. The largest absolute Gasteiger partial charge is 0.396 e. The first kappa shape index (κ1) is 15.1. The summed E-state index contributed by atoms with van der Waals surface area (Å²) < 4.78 is 14.2. The van der Waals surface area contributed by atoms with Crippen molar-refractivity contribution in [2.75, 3.05) is 11.9 Å². The summed E-state index contributed by atoms with van der Waals surface area (Å²) in [6.07, 6.45) is 1.85. The van der Waals surface area contributed by atoms with Gasteiger partial charge >= 0.3 is 0 Å². The van der Waals surface area contributed by atoms with E-state index in [1.165, 1.54) is 12.3 Å². The second-order valence-corrected chi connectivity index (χ2v) is 5.39. The molecule has 1 aromatic heterocycles. The van der Waals surface area contributed by atoms with Gasteiger partial charge in [0, 0.05) is 18.3 Å². The lowest BCUT2D eigenvalue weighted by atomic mass is 10.00. The van der Waals surface area contributed by atoms with Crippen LogP contribution in [0.25, 0.3) is 10.9 Å². The highest BCUT2D eigenvalue weighted by Crippen LogP contribution is 2.34. The molecule has 7 heteroatoms. The van der Waals surface area contributed by atoms with E-state index in [1.54, 1.807) is 19.9 Å². The monoisotopic (exact) mass is 293 g/mol. The van der Waals surface area contributed by atoms with E-state index >= 15 is 0 Å². The zero-order valence-electron chi connectivity index (χ0n) is 11.8. The summed E-state index contributed by atoms with van der Waals surface area (Å²) in [6.45, 7) is 3.55. The highest BCUT2D eigenvalue weighted by Gasteiger charge is 2.24. The molecule has 0 aliphatic rings. The van der Waals surface area contributed by atoms with Crippen LogP contribution in [0.5, 0.6) is 0 Å². The molecule has 2 rings (SSSR count). The molecule has 0 unspecified atom stereocenters. The molecule has 0 saturated carbocycles. The summed E-state index contributed by atoms with van der Waals surface area (Å²) >= 11 is 0.